The number of β-lactam (4-membered cyclic amide) rings is 1. The quantitative estimate of drug-likeness (QED) is 0.107. The lowest BCUT2D eigenvalue weighted by atomic mass is 10.0. The van der Waals surface area contributed by atoms with Crippen LogP contribution < -0.4 is 10.6 Å². The molecule has 2 N–H and O–H groups in total. The van der Waals surface area contributed by atoms with E-state index in [4.69, 9.17) is 14.2 Å². The molecule has 0 saturated carbocycles. The Labute approximate surface area is 220 Å². The summed E-state index contributed by atoms with van der Waals surface area (Å²) in [6.07, 6.45) is -0.822. The molecule has 0 aliphatic carbocycles. The Morgan fingerprint density at radius 3 is 2.22 bits per heavy atom. The lowest BCUT2D eigenvalue weighted by Crippen LogP contribution is -2.69. The first-order valence-electron chi connectivity index (χ1n) is 11.2. The Morgan fingerprint density at radius 2 is 1.70 bits per heavy atom. The van der Waals surface area contributed by atoms with E-state index in [2.05, 4.69) is 28.0 Å². The second-order valence-electron chi connectivity index (χ2n) is 8.89. The molecule has 0 spiro atoms. The molecule has 0 bridgehead atoms. The maximum atomic E-state index is 13.2. The number of alkyl carbamates (subject to hydrolysis) is 1. The molecule has 1 aliphatic rings. The largest absolute Gasteiger partial charge is 0.499 e. The minimum Gasteiger partial charge on any atom is -0.499 e. The zero-order chi connectivity index (χ0) is 27.9. The Bertz CT molecular complexity index is 1070. The van der Waals surface area contributed by atoms with Gasteiger partial charge in [0.25, 0.3) is 5.91 Å². The first-order chi connectivity index (χ1) is 17.3. The molecule has 0 radical (unpaired) electrons. The van der Waals surface area contributed by atoms with Crippen molar-refractivity contribution in [3.63, 3.8) is 0 Å². The number of thiol groups is 1. The molecule has 37 heavy (non-hydrogen) atoms. The second kappa shape index (κ2) is 12.5. The van der Waals surface area contributed by atoms with Gasteiger partial charge in [-0.2, -0.15) is 12.6 Å². The number of likely N-dealkylation sites (tertiary alicyclic amines) is 1. The van der Waals surface area contributed by atoms with Crippen molar-refractivity contribution in [2.24, 2.45) is 0 Å². The molecule has 1 heterocycles. The van der Waals surface area contributed by atoms with E-state index in [0.29, 0.717) is 5.56 Å². The lowest BCUT2D eigenvalue weighted by Gasteiger charge is -2.45. The highest BCUT2D eigenvalue weighted by atomic mass is 32.1. The Balaban J connectivity index is 2.19. The summed E-state index contributed by atoms with van der Waals surface area (Å²) in [6, 6.07) is 6.08. The molecule has 3 atom stereocenters. The number of methoxy groups -OCH3 is 1. The van der Waals surface area contributed by atoms with Gasteiger partial charge in [0.2, 0.25) is 12.7 Å². The van der Waals surface area contributed by atoms with Crippen LogP contribution in [0.5, 0.6) is 0 Å². The van der Waals surface area contributed by atoms with Crippen molar-refractivity contribution in [2.45, 2.75) is 57.7 Å². The average Bonchev–Trinajstić information content (AvgIpc) is 2.82. The van der Waals surface area contributed by atoms with Crippen LogP contribution >= 0.6 is 12.6 Å². The van der Waals surface area contributed by atoms with Crippen molar-refractivity contribution in [3.05, 3.63) is 47.4 Å². The van der Waals surface area contributed by atoms with Crippen LogP contribution in [0.3, 0.4) is 0 Å². The fourth-order valence-corrected chi connectivity index (χ4v) is 3.64. The predicted molar refractivity (Wildman–Crippen MR) is 133 cm³/mol. The number of carbonyl (C=O) groups is 5. The van der Waals surface area contributed by atoms with Crippen LogP contribution in [-0.4, -0.2) is 65.7 Å². The molecule has 202 valence electrons. The molecule has 0 aromatic heterocycles. The number of amides is 3. The number of allylic oxidation sites excluding steroid dienone is 1. The Kier molecular flexibility index (Phi) is 9.95. The highest BCUT2D eigenvalue weighted by molar-refractivity contribution is 7.81. The number of benzene rings is 1. The first kappa shape index (κ1) is 29.5. The third-order valence-corrected chi connectivity index (χ3v) is 5.48. The number of rotatable bonds is 9. The van der Waals surface area contributed by atoms with Crippen LogP contribution in [0, 0.1) is 0 Å². The maximum absolute atomic E-state index is 13.2. The van der Waals surface area contributed by atoms with Crippen molar-refractivity contribution in [2.75, 3.05) is 13.9 Å². The first-order valence-corrected chi connectivity index (χ1v) is 11.7. The van der Waals surface area contributed by atoms with Gasteiger partial charge in [0.15, 0.2) is 5.70 Å². The number of nitrogens with one attached hydrogen (secondary N) is 2. The van der Waals surface area contributed by atoms with Crippen LogP contribution in [0.2, 0.25) is 0 Å². The fourth-order valence-electron chi connectivity index (χ4n) is 3.20. The van der Waals surface area contributed by atoms with Gasteiger partial charge in [-0.05, 0) is 33.3 Å². The van der Waals surface area contributed by atoms with Crippen LogP contribution in [0.1, 0.15) is 46.2 Å². The van der Waals surface area contributed by atoms with E-state index in [9.17, 15) is 24.0 Å². The summed E-state index contributed by atoms with van der Waals surface area (Å²) in [5, 5.41) is 4.10. The molecule has 1 saturated heterocycles. The Morgan fingerprint density at radius 1 is 1.08 bits per heavy atom. The summed E-state index contributed by atoms with van der Waals surface area (Å²) >= 11 is 4.38. The van der Waals surface area contributed by atoms with E-state index in [1.807, 2.05) is 0 Å². The van der Waals surface area contributed by atoms with E-state index in [1.165, 1.54) is 14.0 Å². The minimum atomic E-state index is -1.18. The smallest absolute Gasteiger partial charge is 0.408 e. The topological polar surface area (TPSA) is 150 Å². The van der Waals surface area contributed by atoms with Gasteiger partial charge in [0.05, 0.1) is 7.11 Å². The van der Waals surface area contributed by atoms with Crippen LogP contribution in [0.25, 0.3) is 0 Å². The maximum Gasteiger partial charge on any atom is 0.408 e. The Hall–Kier alpha value is -3.74. The third kappa shape index (κ3) is 7.87. The molecular formula is C24H31N3O9S. The average molecular weight is 538 g/mol. The normalized spacial score (nSPS) is 18.5. The number of ether oxygens (including phenoxy) is 4. The molecule has 1 aromatic carbocycles. The SMILES string of the molecule is COC(C)=C(C(=O)OCOC(C)=O)N1C(=O)C(NC(=O)C(NC(=O)OC(C)(C)C)c2ccccc2)C1S. The molecule has 13 heteroatoms. The molecule has 2 rings (SSSR count). The van der Waals surface area contributed by atoms with E-state index in [0.717, 1.165) is 11.8 Å². The van der Waals surface area contributed by atoms with Gasteiger partial charge in [-0.25, -0.2) is 9.59 Å². The van der Waals surface area contributed by atoms with Gasteiger partial charge in [-0.15, -0.1) is 0 Å². The number of nitrogens with zero attached hydrogens (tertiary/aromatic N) is 1. The summed E-state index contributed by atoms with van der Waals surface area (Å²) in [6.45, 7) is 6.95. The van der Waals surface area contributed by atoms with Crippen molar-refractivity contribution >= 4 is 42.5 Å². The minimum absolute atomic E-state index is 0.0405. The highest BCUT2D eigenvalue weighted by Gasteiger charge is 2.51. The molecule has 3 amide bonds. The van der Waals surface area contributed by atoms with E-state index < -0.39 is 59.7 Å². The monoisotopic (exact) mass is 537 g/mol. The number of hydrogen-bond donors (Lipinski definition) is 3. The van der Waals surface area contributed by atoms with Crippen LogP contribution in [-0.2, 0) is 38.1 Å². The molecule has 1 aromatic rings. The molecular weight excluding hydrogens is 506 g/mol. The molecule has 3 unspecified atom stereocenters. The van der Waals surface area contributed by atoms with Gasteiger partial charge in [-0.3, -0.25) is 19.3 Å². The van der Waals surface area contributed by atoms with Crippen molar-refractivity contribution in [3.8, 4) is 0 Å². The van der Waals surface area contributed by atoms with Crippen LogP contribution in [0.4, 0.5) is 4.79 Å². The van der Waals surface area contributed by atoms with Gasteiger partial charge in [-0.1, -0.05) is 30.3 Å². The second-order valence-corrected chi connectivity index (χ2v) is 9.42. The number of hydrogen-bond acceptors (Lipinski definition) is 10. The third-order valence-electron chi connectivity index (χ3n) is 4.95. The highest BCUT2D eigenvalue weighted by Crippen LogP contribution is 2.31. The summed E-state index contributed by atoms with van der Waals surface area (Å²) < 4.78 is 19.9. The van der Waals surface area contributed by atoms with Crippen LogP contribution in [0.15, 0.2) is 41.8 Å². The van der Waals surface area contributed by atoms with Crippen molar-refractivity contribution in [1.29, 1.82) is 0 Å². The summed E-state index contributed by atoms with van der Waals surface area (Å²) in [5.41, 5.74) is -0.610. The molecule has 1 aliphatic heterocycles. The van der Waals surface area contributed by atoms with E-state index in [-0.39, 0.29) is 11.5 Å². The van der Waals surface area contributed by atoms with Crippen molar-refractivity contribution < 1.29 is 42.9 Å². The zero-order valence-electron chi connectivity index (χ0n) is 21.4. The van der Waals surface area contributed by atoms with Gasteiger partial charge in [0.1, 0.15) is 28.8 Å². The van der Waals surface area contributed by atoms with E-state index >= 15 is 0 Å². The molecule has 1 fully saturated rings. The molecule has 12 nitrogen and oxygen atoms in total. The van der Waals surface area contributed by atoms with Crippen molar-refractivity contribution in [1.82, 2.24) is 15.5 Å². The summed E-state index contributed by atoms with van der Waals surface area (Å²) in [5.74, 6) is -2.98. The van der Waals surface area contributed by atoms with E-state index in [1.54, 1.807) is 51.1 Å². The summed E-state index contributed by atoms with van der Waals surface area (Å²) in [4.78, 5) is 63.1. The number of esters is 2. The van der Waals surface area contributed by atoms with Gasteiger partial charge in [0, 0.05) is 6.92 Å². The number of carbonyl (C=O) groups excluding carboxylic acids is 5. The van der Waals surface area contributed by atoms with Gasteiger partial charge >= 0.3 is 18.0 Å². The zero-order valence-corrected chi connectivity index (χ0v) is 22.3. The summed E-state index contributed by atoms with van der Waals surface area (Å²) in [7, 11) is 1.29. The predicted octanol–water partition coefficient (Wildman–Crippen LogP) is 1.78. The fraction of sp³-hybridized carbons (Fsp3) is 0.458. The lowest BCUT2D eigenvalue weighted by molar-refractivity contribution is -0.167. The standard InChI is InChI=1S/C24H31N3O9S/c1-13(33-6)18(22(31)35-12-34-14(2)28)27-20(30)17(21(27)37)25-19(29)16(15-10-8-7-9-11-15)26-23(32)36-24(3,4)5/h7-11,16-17,21,37H,12H2,1-6H3,(H,25,29)(H,26,32). The van der Waals surface area contributed by atoms with Gasteiger partial charge < -0.3 is 29.6 Å².